The minimum absolute atomic E-state index is 0.0243. The fourth-order valence-corrected chi connectivity index (χ4v) is 2.25. The van der Waals surface area contributed by atoms with Crippen LogP contribution >= 0.6 is 0 Å². The molecule has 0 spiro atoms. The van der Waals surface area contributed by atoms with Crippen molar-refractivity contribution in [3.63, 3.8) is 0 Å². The summed E-state index contributed by atoms with van der Waals surface area (Å²) >= 11 is 0. The smallest absolute Gasteiger partial charge is 0.349 e. The fourth-order valence-electron chi connectivity index (χ4n) is 2.25. The maximum Gasteiger partial charge on any atom is 0.349 e. The zero-order chi connectivity index (χ0) is 19.9. The van der Waals surface area contributed by atoms with Crippen molar-refractivity contribution in [1.82, 2.24) is 15.0 Å². The van der Waals surface area contributed by atoms with Crippen LogP contribution in [0.5, 0.6) is 0 Å². The summed E-state index contributed by atoms with van der Waals surface area (Å²) in [5.41, 5.74) is 7.31. The van der Waals surface area contributed by atoms with Crippen molar-refractivity contribution in [1.29, 1.82) is 5.26 Å². The average molecular weight is 376 g/mol. The van der Waals surface area contributed by atoms with Crippen LogP contribution in [0.15, 0.2) is 52.7 Å². The Morgan fingerprint density at radius 2 is 2.11 bits per heavy atom. The van der Waals surface area contributed by atoms with Gasteiger partial charge in [-0.15, -0.1) is 0 Å². The molecule has 0 aliphatic rings. The van der Waals surface area contributed by atoms with Gasteiger partial charge in [0.15, 0.2) is 12.4 Å². The predicted molar refractivity (Wildman–Crippen MR) is 101 cm³/mol. The van der Waals surface area contributed by atoms with Crippen molar-refractivity contribution >= 4 is 29.6 Å². The van der Waals surface area contributed by atoms with Crippen molar-refractivity contribution in [2.24, 2.45) is 0 Å². The molecule has 3 N–H and O–H groups in total. The summed E-state index contributed by atoms with van der Waals surface area (Å²) in [6.07, 6.45) is 2.72. The Morgan fingerprint density at radius 3 is 2.82 bits per heavy atom. The summed E-state index contributed by atoms with van der Waals surface area (Å²) in [6, 6.07) is 12.6. The zero-order valence-corrected chi connectivity index (χ0v) is 14.9. The van der Waals surface area contributed by atoms with E-state index < -0.39 is 5.97 Å². The standard InChI is InChI=1S/C19H16N6O3/c1-12-5-2-3-7-15(12)22-19-24-16(23-18(21)25-19)11-28-17(26)13(10-20)9-14-6-4-8-27-14/h2-9H,11H2,1H3,(H3,21,22,23,24,25)/b13-9+. The largest absolute Gasteiger partial charge is 0.465 e. The first-order valence-corrected chi connectivity index (χ1v) is 8.20. The summed E-state index contributed by atoms with van der Waals surface area (Å²) < 4.78 is 10.2. The molecule has 2 heterocycles. The number of anilines is 3. The van der Waals surface area contributed by atoms with Gasteiger partial charge >= 0.3 is 5.97 Å². The third-order valence-corrected chi connectivity index (χ3v) is 3.59. The number of nitrogens with two attached hydrogens (primary N) is 1. The van der Waals surface area contributed by atoms with E-state index in [1.54, 1.807) is 18.2 Å². The molecule has 0 radical (unpaired) electrons. The summed E-state index contributed by atoms with van der Waals surface area (Å²) in [5, 5.41) is 12.2. The molecule has 9 nitrogen and oxygen atoms in total. The summed E-state index contributed by atoms with van der Waals surface area (Å²) in [5.74, 6) is -0.121. The minimum atomic E-state index is -0.828. The van der Waals surface area contributed by atoms with Crippen molar-refractivity contribution in [3.8, 4) is 6.07 Å². The maximum absolute atomic E-state index is 12.1. The van der Waals surface area contributed by atoms with Gasteiger partial charge in [0.1, 0.15) is 17.4 Å². The van der Waals surface area contributed by atoms with Crippen molar-refractivity contribution in [2.75, 3.05) is 11.1 Å². The van der Waals surface area contributed by atoms with Gasteiger partial charge in [0, 0.05) is 11.8 Å². The van der Waals surface area contributed by atoms with E-state index in [4.69, 9.17) is 20.1 Å². The van der Waals surface area contributed by atoms with Crippen LogP contribution in [0.1, 0.15) is 17.1 Å². The number of carbonyl (C=O) groups is 1. The van der Waals surface area contributed by atoms with Crippen LogP contribution in [-0.4, -0.2) is 20.9 Å². The van der Waals surface area contributed by atoms with Gasteiger partial charge in [0.25, 0.3) is 0 Å². The maximum atomic E-state index is 12.1. The van der Waals surface area contributed by atoms with E-state index >= 15 is 0 Å². The lowest BCUT2D eigenvalue weighted by Gasteiger charge is -2.09. The number of ether oxygens (including phenoxy) is 1. The number of nitrogens with zero attached hydrogens (tertiary/aromatic N) is 4. The van der Waals surface area contributed by atoms with Crippen molar-refractivity contribution < 1.29 is 13.9 Å². The van der Waals surface area contributed by atoms with Gasteiger partial charge in [-0.3, -0.25) is 0 Å². The molecule has 1 aromatic carbocycles. The highest BCUT2D eigenvalue weighted by Crippen LogP contribution is 2.18. The molecule has 140 valence electrons. The van der Waals surface area contributed by atoms with Gasteiger partial charge in [-0.2, -0.15) is 20.2 Å². The molecule has 0 unspecified atom stereocenters. The summed E-state index contributed by atoms with van der Waals surface area (Å²) in [7, 11) is 0. The molecule has 0 amide bonds. The average Bonchev–Trinajstić information content (AvgIpc) is 3.19. The van der Waals surface area contributed by atoms with Crippen molar-refractivity contribution in [2.45, 2.75) is 13.5 Å². The molecule has 3 aromatic rings. The summed E-state index contributed by atoms with van der Waals surface area (Å²) in [4.78, 5) is 24.3. The molecule has 0 aliphatic heterocycles. The number of nitriles is 1. The second-order valence-electron chi connectivity index (χ2n) is 5.63. The number of hydrogen-bond donors (Lipinski definition) is 2. The monoisotopic (exact) mass is 376 g/mol. The number of rotatable bonds is 6. The van der Waals surface area contributed by atoms with E-state index in [1.807, 2.05) is 31.2 Å². The molecule has 0 saturated heterocycles. The highest BCUT2D eigenvalue weighted by atomic mass is 16.5. The van der Waals surface area contributed by atoms with Crippen LogP contribution in [0.2, 0.25) is 0 Å². The predicted octanol–water partition coefficient (Wildman–Crippen LogP) is 2.75. The lowest BCUT2D eigenvalue weighted by Crippen LogP contribution is -2.12. The number of benzene rings is 1. The van der Waals surface area contributed by atoms with Crippen LogP contribution in [0, 0.1) is 18.3 Å². The molecule has 0 fully saturated rings. The Morgan fingerprint density at radius 1 is 1.29 bits per heavy atom. The normalized spacial score (nSPS) is 10.9. The fraction of sp³-hybridized carbons (Fsp3) is 0.105. The Bertz CT molecular complexity index is 1050. The Balaban J connectivity index is 1.71. The molecular weight excluding hydrogens is 360 g/mol. The molecule has 9 heteroatoms. The number of aromatic nitrogens is 3. The van der Waals surface area contributed by atoms with Gasteiger partial charge in [-0.25, -0.2) is 4.79 Å². The molecule has 2 aromatic heterocycles. The second kappa shape index (κ2) is 8.46. The first-order chi connectivity index (χ1) is 13.5. The van der Waals surface area contributed by atoms with Crippen molar-refractivity contribution in [3.05, 3.63) is 65.4 Å². The number of furan rings is 1. The van der Waals surface area contributed by atoms with Crippen LogP contribution in [0.4, 0.5) is 17.6 Å². The third-order valence-electron chi connectivity index (χ3n) is 3.59. The topological polar surface area (TPSA) is 140 Å². The number of nitrogens with one attached hydrogen (secondary N) is 1. The van der Waals surface area contributed by atoms with Crippen LogP contribution < -0.4 is 11.1 Å². The summed E-state index contributed by atoms with van der Waals surface area (Å²) in [6.45, 7) is 1.66. The molecule has 0 saturated carbocycles. The molecule has 0 bridgehead atoms. The Labute approximate surface area is 160 Å². The van der Waals surface area contributed by atoms with E-state index in [1.165, 1.54) is 12.3 Å². The molecule has 3 rings (SSSR count). The number of hydrogen-bond acceptors (Lipinski definition) is 9. The van der Waals surface area contributed by atoms with E-state index in [9.17, 15) is 4.79 Å². The van der Waals surface area contributed by atoms with Gasteiger partial charge in [0.05, 0.1) is 6.26 Å². The number of nitrogen functional groups attached to an aromatic ring is 1. The molecular formula is C19H16N6O3. The quantitative estimate of drug-likeness (QED) is 0.377. The Kier molecular flexibility index (Phi) is 5.62. The second-order valence-corrected chi connectivity index (χ2v) is 5.63. The molecule has 28 heavy (non-hydrogen) atoms. The first-order valence-electron chi connectivity index (χ1n) is 8.20. The van der Waals surface area contributed by atoms with E-state index in [0.717, 1.165) is 11.3 Å². The third kappa shape index (κ3) is 4.70. The van der Waals surface area contributed by atoms with E-state index in [-0.39, 0.29) is 29.9 Å². The number of carbonyl (C=O) groups excluding carboxylic acids is 1. The number of aryl methyl sites for hydroxylation is 1. The SMILES string of the molecule is Cc1ccccc1Nc1nc(N)nc(COC(=O)/C(C#N)=C/c2ccco2)n1. The zero-order valence-electron chi connectivity index (χ0n) is 14.9. The number of para-hydroxylation sites is 1. The van der Waals surface area contributed by atoms with Crippen LogP contribution in [0.3, 0.4) is 0 Å². The van der Waals surface area contributed by atoms with Gasteiger partial charge < -0.3 is 20.2 Å². The number of esters is 1. The van der Waals surface area contributed by atoms with Gasteiger partial charge in [-0.1, -0.05) is 18.2 Å². The minimum Gasteiger partial charge on any atom is -0.465 e. The highest BCUT2D eigenvalue weighted by molar-refractivity contribution is 5.97. The van der Waals surface area contributed by atoms with Gasteiger partial charge in [-0.05, 0) is 30.7 Å². The van der Waals surface area contributed by atoms with Gasteiger partial charge in [0.2, 0.25) is 11.9 Å². The highest BCUT2D eigenvalue weighted by Gasteiger charge is 2.14. The first kappa shape index (κ1) is 18.6. The van der Waals surface area contributed by atoms with E-state index in [2.05, 4.69) is 20.3 Å². The van der Waals surface area contributed by atoms with Crippen LogP contribution in [0.25, 0.3) is 6.08 Å². The van der Waals surface area contributed by atoms with Crippen LogP contribution in [-0.2, 0) is 16.1 Å². The van der Waals surface area contributed by atoms with E-state index in [0.29, 0.717) is 5.76 Å². The molecule has 0 aliphatic carbocycles. The lowest BCUT2D eigenvalue weighted by atomic mass is 10.2. The Hall–Kier alpha value is -4.19. The molecule has 0 atom stereocenters. The lowest BCUT2D eigenvalue weighted by molar-refractivity contribution is -0.139.